The van der Waals surface area contributed by atoms with Crippen LogP contribution in [-0.2, 0) is 12.0 Å². The number of fused-ring (bicyclic) bond motifs is 2. The molecule has 3 heteroatoms. The van der Waals surface area contributed by atoms with Crippen molar-refractivity contribution in [1.29, 1.82) is 0 Å². The van der Waals surface area contributed by atoms with Gasteiger partial charge in [-0.3, -0.25) is 0 Å². The van der Waals surface area contributed by atoms with Crippen LogP contribution in [0.2, 0.25) is 0 Å². The second-order valence-corrected chi connectivity index (χ2v) is 7.45. The van der Waals surface area contributed by atoms with E-state index >= 15 is 0 Å². The van der Waals surface area contributed by atoms with Crippen LogP contribution in [0.15, 0.2) is 59.2 Å². The van der Waals surface area contributed by atoms with Crippen LogP contribution in [0.4, 0.5) is 0 Å². The second-order valence-electron chi connectivity index (χ2n) is 7.45. The van der Waals surface area contributed by atoms with Crippen LogP contribution in [0.3, 0.4) is 0 Å². The molecule has 1 saturated heterocycles. The van der Waals surface area contributed by atoms with Crippen LogP contribution >= 0.6 is 0 Å². The molecule has 0 bridgehead atoms. The highest BCUT2D eigenvalue weighted by atomic mass is 16.3. The number of aryl methyl sites for hydroxylation is 1. The van der Waals surface area contributed by atoms with E-state index in [0.717, 1.165) is 54.3 Å². The average molecular weight is 333 g/mol. The first-order chi connectivity index (χ1) is 12.3. The van der Waals surface area contributed by atoms with E-state index in [1.807, 2.05) is 18.4 Å². The lowest BCUT2D eigenvalue weighted by Gasteiger charge is -2.41. The maximum absolute atomic E-state index is 11.7. The van der Waals surface area contributed by atoms with Crippen LogP contribution in [0, 0.1) is 5.92 Å². The van der Waals surface area contributed by atoms with Gasteiger partial charge >= 0.3 is 0 Å². The third kappa shape index (κ3) is 2.26. The zero-order valence-corrected chi connectivity index (χ0v) is 14.2. The van der Waals surface area contributed by atoms with Gasteiger partial charge < -0.3 is 14.8 Å². The fourth-order valence-electron chi connectivity index (χ4n) is 4.94. The molecular weight excluding hydrogens is 310 g/mol. The van der Waals surface area contributed by atoms with Gasteiger partial charge in [-0.2, -0.15) is 0 Å². The number of piperidine rings is 1. The minimum absolute atomic E-state index is 0.0461. The summed E-state index contributed by atoms with van der Waals surface area (Å²) >= 11 is 0. The smallest absolute Gasteiger partial charge is 0.128 e. The number of benzene rings is 2. The molecule has 0 spiro atoms. The molecule has 128 valence electrons. The lowest BCUT2D eigenvalue weighted by molar-refractivity contribution is -0.0527. The molecule has 1 aromatic heterocycles. The number of hydrogen-bond acceptors (Lipinski definition) is 3. The summed E-state index contributed by atoms with van der Waals surface area (Å²) in [5.74, 6) is 1.09. The van der Waals surface area contributed by atoms with E-state index in [1.165, 1.54) is 5.56 Å². The molecule has 0 radical (unpaired) electrons. The van der Waals surface area contributed by atoms with E-state index < -0.39 is 5.60 Å². The van der Waals surface area contributed by atoms with Gasteiger partial charge in [-0.25, -0.2) is 0 Å². The third-order valence-electron chi connectivity index (χ3n) is 6.15. The average Bonchev–Trinajstić information content (AvgIpc) is 3.25. The van der Waals surface area contributed by atoms with Gasteiger partial charge in [0.2, 0.25) is 0 Å². The van der Waals surface area contributed by atoms with Crippen molar-refractivity contribution in [2.75, 3.05) is 6.54 Å². The van der Waals surface area contributed by atoms with Gasteiger partial charge in [0, 0.05) is 16.7 Å². The Bertz CT molecular complexity index is 915. The van der Waals surface area contributed by atoms with Crippen molar-refractivity contribution in [1.82, 2.24) is 5.32 Å². The topological polar surface area (TPSA) is 45.4 Å². The minimum atomic E-state index is -0.775. The predicted octanol–water partition coefficient (Wildman–Crippen LogP) is 4.31. The van der Waals surface area contributed by atoms with E-state index in [4.69, 9.17) is 4.42 Å². The Morgan fingerprint density at radius 2 is 1.92 bits per heavy atom. The molecule has 2 aromatic carbocycles. The Kier molecular flexibility index (Phi) is 3.47. The highest BCUT2D eigenvalue weighted by molar-refractivity contribution is 5.84. The summed E-state index contributed by atoms with van der Waals surface area (Å²) in [6.45, 7) is 0.966. The van der Waals surface area contributed by atoms with Crippen LogP contribution in [0.5, 0.6) is 0 Å². The standard InChI is InChI=1S/C22H23NO2/c24-22(12-11-15-6-2-4-9-18(15)22)19-10-5-13-23-20(19)21-17-8-3-1-7-16(17)14-25-21/h1-4,6-9,14,19-20,23-24H,5,10-13H2. The molecular formula is C22H23NO2. The molecule has 1 aliphatic heterocycles. The molecule has 3 unspecified atom stereocenters. The normalized spacial score (nSPS) is 29.0. The summed E-state index contributed by atoms with van der Waals surface area (Å²) in [7, 11) is 0. The van der Waals surface area contributed by atoms with Crippen molar-refractivity contribution in [3.05, 3.63) is 71.7 Å². The minimum Gasteiger partial charge on any atom is -0.466 e. The molecule has 5 rings (SSSR count). The van der Waals surface area contributed by atoms with E-state index in [-0.39, 0.29) is 12.0 Å². The second kappa shape index (κ2) is 5.72. The van der Waals surface area contributed by atoms with E-state index in [9.17, 15) is 5.11 Å². The summed E-state index contributed by atoms with van der Waals surface area (Å²) in [4.78, 5) is 0. The molecule has 3 atom stereocenters. The third-order valence-corrected chi connectivity index (χ3v) is 6.15. The Morgan fingerprint density at radius 1 is 1.08 bits per heavy atom. The van der Waals surface area contributed by atoms with Crippen molar-refractivity contribution < 1.29 is 9.52 Å². The Labute approximate surface area is 147 Å². The lowest BCUT2D eigenvalue weighted by Crippen LogP contribution is -2.45. The Hall–Kier alpha value is -2.10. The zero-order valence-electron chi connectivity index (χ0n) is 14.2. The molecule has 3 nitrogen and oxygen atoms in total. The van der Waals surface area contributed by atoms with Crippen LogP contribution in [0.25, 0.3) is 10.8 Å². The molecule has 0 amide bonds. The first-order valence-electron chi connectivity index (χ1n) is 9.28. The summed E-state index contributed by atoms with van der Waals surface area (Å²) < 4.78 is 6.00. The van der Waals surface area contributed by atoms with E-state index in [0.29, 0.717) is 0 Å². The molecule has 1 fully saturated rings. The summed E-state index contributed by atoms with van der Waals surface area (Å²) in [5, 5.41) is 17.7. The lowest BCUT2D eigenvalue weighted by atomic mass is 9.73. The number of rotatable bonds is 2. The SMILES string of the molecule is OC1(C2CCCNC2c2occ3ccccc23)CCc2ccccc21. The summed E-state index contributed by atoms with van der Waals surface area (Å²) in [6, 6.07) is 16.7. The maximum atomic E-state index is 11.7. The van der Waals surface area contributed by atoms with Gasteiger partial charge in [-0.15, -0.1) is 0 Å². The highest BCUT2D eigenvalue weighted by Crippen LogP contribution is 2.50. The fraction of sp³-hybridized carbons (Fsp3) is 0.364. The Morgan fingerprint density at radius 3 is 2.88 bits per heavy atom. The van der Waals surface area contributed by atoms with Gasteiger partial charge in [0.15, 0.2) is 0 Å². The fourth-order valence-corrected chi connectivity index (χ4v) is 4.94. The zero-order chi connectivity index (χ0) is 16.9. The van der Waals surface area contributed by atoms with Crippen molar-refractivity contribution in [3.63, 3.8) is 0 Å². The predicted molar refractivity (Wildman–Crippen MR) is 98.3 cm³/mol. The van der Waals surface area contributed by atoms with Crippen molar-refractivity contribution in [2.45, 2.75) is 37.3 Å². The van der Waals surface area contributed by atoms with Crippen LogP contribution in [-0.4, -0.2) is 11.7 Å². The number of furan rings is 1. The molecule has 2 aliphatic rings. The van der Waals surface area contributed by atoms with E-state index in [1.54, 1.807) is 0 Å². The molecule has 1 aliphatic carbocycles. The van der Waals surface area contributed by atoms with Gasteiger partial charge in [0.05, 0.1) is 17.9 Å². The molecule has 2 N–H and O–H groups in total. The van der Waals surface area contributed by atoms with Gasteiger partial charge in [0.1, 0.15) is 5.76 Å². The molecule has 0 saturated carbocycles. The number of aliphatic hydroxyl groups is 1. The Balaban J connectivity index is 1.60. The van der Waals surface area contributed by atoms with E-state index in [2.05, 4.69) is 41.7 Å². The summed E-state index contributed by atoms with van der Waals surface area (Å²) in [6.07, 6.45) is 5.69. The van der Waals surface area contributed by atoms with Crippen molar-refractivity contribution in [3.8, 4) is 0 Å². The first-order valence-corrected chi connectivity index (χ1v) is 9.28. The monoisotopic (exact) mass is 333 g/mol. The highest BCUT2D eigenvalue weighted by Gasteiger charge is 2.48. The van der Waals surface area contributed by atoms with Crippen molar-refractivity contribution >= 4 is 10.8 Å². The molecule has 3 aromatic rings. The quantitative estimate of drug-likeness (QED) is 0.735. The molecule has 2 heterocycles. The van der Waals surface area contributed by atoms with Crippen molar-refractivity contribution in [2.24, 2.45) is 5.92 Å². The van der Waals surface area contributed by atoms with Gasteiger partial charge in [-0.05, 0) is 43.4 Å². The molecule has 25 heavy (non-hydrogen) atoms. The number of nitrogens with one attached hydrogen (secondary N) is 1. The van der Waals surface area contributed by atoms with Gasteiger partial charge in [0.25, 0.3) is 0 Å². The van der Waals surface area contributed by atoms with Crippen LogP contribution in [0.1, 0.15) is 42.2 Å². The van der Waals surface area contributed by atoms with Crippen LogP contribution < -0.4 is 5.32 Å². The summed E-state index contributed by atoms with van der Waals surface area (Å²) in [5.41, 5.74) is 1.63. The van der Waals surface area contributed by atoms with Gasteiger partial charge in [-0.1, -0.05) is 48.5 Å². The number of hydrogen-bond donors (Lipinski definition) is 2. The first kappa shape index (κ1) is 15.2. The largest absolute Gasteiger partial charge is 0.466 e. The maximum Gasteiger partial charge on any atom is 0.128 e.